The molecule has 1 atom stereocenters. The topological polar surface area (TPSA) is 79.5 Å². The van der Waals surface area contributed by atoms with Crippen molar-refractivity contribution >= 4 is 11.7 Å². The molecule has 1 aromatic rings. The molecule has 0 saturated heterocycles. The molecule has 0 aliphatic heterocycles. The third-order valence-corrected chi connectivity index (χ3v) is 2.26. The fourth-order valence-electron chi connectivity index (χ4n) is 1.23. The molecular weight excluding hydrogens is 206 g/mol. The minimum absolute atomic E-state index is 0.117. The van der Waals surface area contributed by atoms with Gasteiger partial charge in [0.2, 0.25) is 0 Å². The Labute approximate surface area is 94.9 Å². The van der Waals surface area contributed by atoms with Gasteiger partial charge in [-0.15, -0.1) is 0 Å². The lowest BCUT2D eigenvalue weighted by Gasteiger charge is -2.17. The smallest absolute Gasteiger partial charge is 0.255 e. The summed E-state index contributed by atoms with van der Waals surface area (Å²) < 4.78 is 0. The molecule has 5 heteroatoms. The number of hydrogen-bond acceptors (Lipinski definition) is 4. The highest BCUT2D eigenvalue weighted by molar-refractivity contribution is 5.93. The molecule has 1 aromatic heterocycles. The van der Waals surface area contributed by atoms with Crippen molar-refractivity contribution in [3.8, 4) is 0 Å². The van der Waals surface area contributed by atoms with Gasteiger partial charge in [0.1, 0.15) is 5.82 Å². The highest BCUT2D eigenvalue weighted by atomic mass is 16.3. The van der Waals surface area contributed by atoms with Crippen LogP contribution in [0.25, 0.3) is 0 Å². The zero-order valence-corrected chi connectivity index (χ0v) is 9.55. The van der Waals surface area contributed by atoms with Crippen LogP contribution in [0.4, 0.5) is 5.82 Å². The number of rotatable bonds is 4. The van der Waals surface area contributed by atoms with E-state index in [0.717, 1.165) is 0 Å². The summed E-state index contributed by atoms with van der Waals surface area (Å²) in [6, 6.07) is 3.24. The Morgan fingerprint density at radius 2 is 2.31 bits per heavy atom. The normalized spacial score (nSPS) is 12.2. The van der Waals surface area contributed by atoms with Crippen LogP contribution in [0.5, 0.6) is 0 Å². The lowest BCUT2D eigenvalue weighted by molar-refractivity contribution is 0.0768. The van der Waals surface area contributed by atoms with Gasteiger partial charge in [-0.05, 0) is 25.5 Å². The summed E-state index contributed by atoms with van der Waals surface area (Å²) in [7, 11) is 1.70. The molecule has 16 heavy (non-hydrogen) atoms. The molecular formula is C11H17N3O2. The molecule has 1 heterocycles. The number of nitrogens with zero attached hydrogens (tertiary/aromatic N) is 2. The maximum atomic E-state index is 11.8. The van der Waals surface area contributed by atoms with Gasteiger partial charge in [-0.25, -0.2) is 4.98 Å². The van der Waals surface area contributed by atoms with Gasteiger partial charge in [0.15, 0.2) is 0 Å². The number of aliphatic hydroxyl groups is 1. The Bertz CT molecular complexity index is 349. The average molecular weight is 223 g/mol. The number of amides is 1. The number of pyridine rings is 1. The second-order valence-corrected chi connectivity index (χ2v) is 3.84. The Morgan fingerprint density at radius 1 is 1.62 bits per heavy atom. The molecule has 1 unspecified atom stereocenters. The first-order chi connectivity index (χ1) is 7.50. The lowest BCUT2D eigenvalue weighted by Crippen LogP contribution is -2.29. The minimum atomic E-state index is -0.403. The molecule has 5 nitrogen and oxygen atoms in total. The van der Waals surface area contributed by atoms with Crippen LogP contribution in [-0.4, -0.2) is 40.6 Å². The van der Waals surface area contributed by atoms with Gasteiger partial charge in [0.25, 0.3) is 5.91 Å². The maximum absolute atomic E-state index is 11.8. The fourth-order valence-corrected chi connectivity index (χ4v) is 1.23. The number of aromatic nitrogens is 1. The van der Waals surface area contributed by atoms with Crippen LogP contribution >= 0.6 is 0 Å². The summed E-state index contributed by atoms with van der Waals surface area (Å²) in [6.07, 6.45) is 1.61. The van der Waals surface area contributed by atoms with Crippen LogP contribution in [0.15, 0.2) is 18.3 Å². The quantitative estimate of drug-likeness (QED) is 0.779. The van der Waals surface area contributed by atoms with Gasteiger partial charge in [0, 0.05) is 19.8 Å². The molecule has 88 valence electrons. The zero-order chi connectivity index (χ0) is 12.1. The first-order valence-electron chi connectivity index (χ1n) is 5.15. The first kappa shape index (κ1) is 12.4. The molecule has 0 aliphatic carbocycles. The average Bonchev–Trinajstić information content (AvgIpc) is 2.26. The summed E-state index contributed by atoms with van der Waals surface area (Å²) in [5, 5.41) is 9.12. The highest BCUT2D eigenvalue weighted by Gasteiger charge is 2.12. The summed E-state index contributed by atoms with van der Waals surface area (Å²) in [6.45, 7) is 2.21. The van der Waals surface area contributed by atoms with Crippen LogP contribution in [0.3, 0.4) is 0 Å². The highest BCUT2D eigenvalue weighted by Crippen LogP contribution is 2.05. The third-order valence-electron chi connectivity index (χ3n) is 2.26. The lowest BCUT2D eigenvalue weighted by atomic mass is 10.2. The summed E-state index contributed by atoms with van der Waals surface area (Å²) >= 11 is 0. The van der Waals surface area contributed by atoms with E-state index in [0.29, 0.717) is 24.3 Å². The Balaban J connectivity index is 2.60. The SMILES string of the molecule is CC(O)CCN(C)C(=O)c1ccc(N)nc1. The van der Waals surface area contributed by atoms with Crippen LogP contribution in [0.1, 0.15) is 23.7 Å². The maximum Gasteiger partial charge on any atom is 0.255 e. The van der Waals surface area contributed by atoms with Gasteiger partial charge < -0.3 is 15.7 Å². The van der Waals surface area contributed by atoms with Crippen molar-refractivity contribution in [1.29, 1.82) is 0 Å². The number of carbonyl (C=O) groups is 1. The van der Waals surface area contributed by atoms with E-state index >= 15 is 0 Å². The first-order valence-corrected chi connectivity index (χ1v) is 5.15. The summed E-state index contributed by atoms with van der Waals surface area (Å²) in [5.41, 5.74) is 5.93. The molecule has 0 aromatic carbocycles. The van der Waals surface area contributed by atoms with Gasteiger partial charge in [0.05, 0.1) is 11.7 Å². The molecule has 1 amide bonds. The van der Waals surface area contributed by atoms with Gasteiger partial charge in [-0.2, -0.15) is 0 Å². The second kappa shape index (κ2) is 5.46. The van der Waals surface area contributed by atoms with E-state index in [4.69, 9.17) is 10.8 Å². The van der Waals surface area contributed by atoms with E-state index in [1.807, 2.05) is 0 Å². The van der Waals surface area contributed by atoms with Gasteiger partial charge in [-0.3, -0.25) is 4.79 Å². The number of carbonyl (C=O) groups excluding carboxylic acids is 1. The van der Waals surface area contributed by atoms with Crippen molar-refractivity contribution in [2.45, 2.75) is 19.4 Å². The predicted molar refractivity (Wildman–Crippen MR) is 61.9 cm³/mol. The molecule has 3 N–H and O–H groups in total. The zero-order valence-electron chi connectivity index (χ0n) is 9.55. The van der Waals surface area contributed by atoms with Gasteiger partial charge >= 0.3 is 0 Å². The van der Waals surface area contributed by atoms with E-state index < -0.39 is 6.10 Å². The molecule has 0 saturated carbocycles. The molecule has 0 radical (unpaired) electrons. The van der Waals surface area contributed by atoms with Crippen LogP contribution < -0.4 is 5.73 Å². The van der Waals surface area contributed by atoms with Crippen molar-refractivity contribution in [1.82, 2.24) is 9.88 Å². The Kier molecular flexibility index (Phi) is 4.25. The predicted octanol–water partition coefficient (Wildman–Crippen LogP) is 0.507. The monoisotopic (exact) mass is 223 g/mol. The van der Waals surface area contributed by atoms with Crippen LogP contribution in [0, 0.1) is 0 Å². The van der Waals surface area contributed by atoms with Crippen molar-refractivity contribution in [3.63, 3.8) is 0 Å². The standard InChI is InChI=1S/C11H17N3O2/c1-8(15)5-6-14(2)11(16)9-3-4-10(12)13-7-9/h3-4,7-8,15H,5-6H2,1-2H3,(H2,12,13). The molecule has 0 fully saturated rings. The Hall–Kier alpha value is -1.62. The van der Waals surface area contributed by atoms with Crippen molar-refractivity contribution in [2.24, 2.45) is 0 Å². The van der Waals surface area contributed by atoms with Crippen molar-refractivity contribution in [2.75, 3.05) is 19.3 Å². The number of hydrogen-bond donors (Lipinski definition) is 2. The van der Waals surface area contributed by atoms with Crippen LogP contribution in [0.2, 0.25) is 0 Å². The van der Waals surface area contributed by atoms with Gasteiger partial charge in [-0.1, -0.05) is 0 Å². The molecule has 0 aliphatic rings. The number of nitrogen functional groups attached to an aromatic ring is 1. The molecule has 0 bridgehead atoms. The van der Waals surface area contributed by atoms with E-state index in [1.165, 1.54) is 6.20 Å². The Morgan fingerprint density at radius 3 is 2.81 bits per heavy atom. The number of anilines is 1. The largest absolute Gasteiger partial charge is 0.393 e. The fraction of sp³-hybridized carbons (Fsp3) is 0.455. The van der Waals surface area contributed by atoms with Crippen molar-refractivity contribution < 1.29 is 9.90 Å². The summed E-state index contributed by atoms with van der Waals surface area (Å²) in [5.74, 6) is 0.274. The number of aliphatic hydroxyl groups excluding tert-OH is 1. The second-order valence-electron chi connectivity index (χ2n) is 3.84. The summed E-state index contributed by atoms with van der Waals surface area (Å²) in [4.78, 5) is 17.2. The van der Waals surface area contributed by atoms with E-state index in [1.54, 1.807) is 31.0 Å². The van der Waals surface area contributed by atoms with E-state index in [2.05, 4.69) is 4.98 Å². The van der Waals surface area contributed by atoms with Crippen LogP contribution in [-0.2, 0) is 0 Å². The molecule has 1 rings (SSSR count). The van der Waals surface area contributed by atoms with E-state index in [-0.39, 0.29) is 5.91 Å². The minimum Gasteiger partial charge on any atom is -0.393 e. The molecule has 0 spiro atoms. The van der Waals surface area contributed by atoms with Crippen molar-refractivity contribution in [3.05, 3.63) is 23.9 Å². The van der Waals surface area contributed by atoms with E-state index in [9.17, 15) is 4.79 Å². The number of nitrogens with two attached hydrogens (primary N) is 1. The third kappa shape index (κ3) is 3.51.